The molecule has 2 nitrogen and oxygen atoms in total. The lowest BCUT2D eigenvalue weighted by atomic mass is 10.1. The molecular weight excluding hydrogens is 126 g/mol. The van der Waals surface area contributed by atoms with Crippen molar-refractivity contribution in [1.82, 2.24) is 0 Å². The Hall–Kier alpha value is -0.760. The summed E-state index contributed by atoms with van der Waals surface area (Å²) < 4.78 is 5.36. The third-order valence-corrected chi connectivity index (χ3v) is 1.92. The highest BCUT2D eigenvalue weighted by Crippen LogP contribution is 2.19. The molecule has 1 heterocycles. The summed E-state index contributed by atoms with van der Waals surface area (Å²) in [5, 5.41) is 0. The Morgan fingerprint density at radius 3 is 2.00 bits per heavy atom. The number of nitrogens with two attached hydrogens (primary N) is 1. The van der Waals surface area contributed by atoms with Crippen molar-refractivity contribution in [3.63, 3.8) is 0 Å². The van der Waals surface area contributed by atoms with Crippen LogP contribution in [-0.2, 0) is 6.54 Å². The lowest BCUT2D eigenvalue weighted by molar-refractivity contribution is 0.500. The van der Waals surface area contributed by atoms with Crippen molar-refractivity contribution in [3.05, 3.63) is 22.6 Å². The first-order valence-electron chi connectivity index (χ1n) is 3.42. The van der Waals surface area contributed by atoms with E-state index in [0.29, 0.717) is 6.54 Å². The molecule has 0 aromatic carbocycles. The van der Waals surface area contributed by atoms with E-state index in [4.69, 9.17) is 10.2 Å². The van der Waals surface area contributed by atoms with Gasteiger partial charge in [0.25, 0.3) is 0 Å². The van der Waals surface area contributed by atoms with Crippen molar-refractivity contribution >= 4 is 0 Å². The number of hydrogen-bond donors (Lipinski definition) is 1. The molecule has 0 fully saturated rings. The Bertz CT molecular complexity index is 238. The van der Waals surface area contributed by atoms with Crippen molar-refractivity contribution in [3.8, 4) is 0 Å². The average Bonchev–Trinajstić information content (AvgIpc) is 2.09. The van der Waals surface area contributed by atoms with Gasteiger partial charge in [-0.2, -0.15) is 0 Å². The van der Waals surface area contributed by atoms with E-state index in [1.165, 1.54) is 5.56 Å². The van der Waals surface area contributed by atoms with Crippen molar-refractivity contribution in [2.24, 2.45) is 5.73 Å². The Morgan fingerprint density at radius 1 is 1.20 bits per heavy atom. The Balaban J connectivity index is 3.20. The van der Waals surface area contributed by atoms with Crippen LogP contribution in [0.5, 0.6) is 0 Å². The van der Waals surface area contributed by atoms with Crippen LogP contribution in [0.2, 0.25) is 0 Å². The van der Waals surface area contributed by atoms with Crippen molar-refractivity contribution in [1.29, 1.82) is 0 Å². The first kappa shape index (κ1) is 7.35. The maximum absolute atomic E-state index is 5.50. The second-order valence-corrected chi connectivity index (χ2v) is 2.52. The molecule has 0 spiro atoms. The molecule has 2 heteroatoms. The van der Waals surface area contributed by atoms with Crippen LogP contribution in [0.1, 0.15) is 22.6 Å². The third kappa shape index (κ3) is 0.948. The van der Waals surface area contributed by atoms with Gasteiger partial charge in [-0.15, -0.1) is 0 Å². The monoisotopic (exact) mass is 139 g/mol. The molecule has 1 rings (SSSR count). The van der Waals surface area contributed by atoms with Gasteiger partial charge in [-0.05, 0) is 26.3 Å². The van der Waals surface area contributed by atoms with E-state index in [-0.39, 0.29) is 0 Å². The highest BCUT2D eigenvalue weighted by atomic mass is 16.3. The molecular formula is C8H13NO. The quantitative estimate of drug-likeness (QED) is 0.642. The van der Waals surface area contributed by atoms with E-state index in [9.17, 15) is 0 Å². The van der Waals surface area contributed by atoms with Gasteiger partial charge in [0.15, 0.2) is 0 Å². The summed E-state index contributed by atoms with van der Waals surface area (Å²) >= 11 is 0. The fourth-order valence-corrected chi connectivity index (χ4v) is 1.14. The van der Waals surface area contributed by atoms with E-state index in [2.05, 4.69) is 0 Å². The first-order chi connectivity index (χ1) is 4.66. The summed E-state index contributed by atoms with van der Waals surface area (Å²) in [5.74, 6) is 1.94. The Kier molecular flexibility index (Phi) is 1.81. The lowest BCUT2D eigenvalue weighted by Gasteiger charge is -1.92. The van der Waals surface area contributed by atoms with Crippen LogP contribution in [0.25, 0.3) is 0 Å². The molecule has 0 aliphatic heterocycles. The topological polar surface area (TPSA) is 39.2 Å². The second-order valence-electron chi connectivity index (χ2n) is 2.52. The van der Waals surface area contributed by atoms with Gasteiger partial charge >= 0.3 is 0 Å². The van der Waals surface area contributed by atoms with Gasteiger partial charge in [-0.1, -0.05) is 0 Å². The van der Waals surface area contributed by atoms with Crippen molar-refractivity contribution in [2.75, 3.05) is 0 Å². The average molecular weight is 139 g/mol. The van der Waals surface area contributed by atoms with E-state index in [1.54, 1.807) is 0 Å². The van der Waals surface area contributed by atoms with Gasteiger partial charge in [0.2, 0.25) is 0 Å². The molecule has 10 heavy (non-hydrogen) atoms. The van der Waals surface area contributed by atoms with Gasteiger partial charge in [0.05, 0.1) is 0 Å². The van der Waals surface area contributed by atoms with Crippen molar-refractivity contribution < 1.29 is 4.42 Å². The van der Waals surface area contributed by atoms with E-state index in [1.807, 2.05) is 20.8 Å². The number of hydrogen-bond acceptors (Lipinski definition) is 2. The maximum atomic E-state index is 5.50. The zero-order valence-electron chi connectivity index (χ0n) is 6.69. The SMILES string of the molecule is Cc1oc(C)c(CN)c1C. The predicted molar refractivity (Wildman–Crippen MR) is 40.8 cm³/mol. The summed E-state index contributed by atoms with van der Waals surface area (Å²) in [6.07, 6.45) is 0. The fraction of sp³-hybridized carbons (Fsp3) is 0.500. The highest BCUT2D eigenvalue weighted by molar-refractivity contribution is 5.30. The summed E-state index contributed by atoms with van der Waals surface area (Å²) in [6, 6.07) is 0. The van der Waals surface area contributed by atoms with Crippen LogP contribution < -0.4 is 5.73 Å². The van der Waals surface area contributed by atoms with Crippen LogP contribution in [0.4, 0.5) is 0 Å². The molecule has 2 N–H and O–H groups in total. The first-order valence-corrected chi connectivity index (χ1v) is 3.42. The molecule has 56 valence electrons. The summed E-state index contributed by atoms with van der Waals surface area (Å²) in [6.45, 7) is 6.52. The molecule has 0 saturated heterocycles. The summed E-state index contributed by atoms with van der Waals surface area (Å²) in [7, 11) is 0. The second kappa shape index (κ2) is 2.46. The van der Waals surface area contributed by atoms with E-state index >= 15 is 0 Å². The van der Waals surface area contributed by atoms with Crippen LogP contribution in [0.3, 0.4) is 0 Å². The zero-order chi connectivity index (χ0) is 7.72. The van der Waals surface area contributed by atoms with Crippen molar-refractivity contribution in [2.45, 2.75) is 27.3 Å². The highest BCUT2D eigenvalue weighted by Gasteiger charge is 2.07. The molecule has 0 saturated carbocycles. The van der Waals surface area contributed by atoms with E-state index in [0.717, 1.165) is 17.1 Å². The lowest BCUT2D eigenvalue weighted by Crippen LogP contribution is -1.97. The van der Waals surface area contributed by atoms with Crippen LogP contribution in [-0.4, -0.2) is 0 Å². The molecule has 1 aromatic heterocycles. The molecule has 0 atom stereocenters. The minimum Gasteiger partial charge on any atom is -0.466 e. The van der Waals surface area contributed by atoms with Gasteiger partial charge in [0, 0.05) is 12.1 Å². The standard InChI is InChI=1S/C8H13NO/c1-5-6(2)10-7(3)8(5)4-9/h4,9H2,1-3H3. The Morgan fingerprint density at radius 2 is 1.80 bits per heavy atom. The van der Waals surface area contributed by atoms with E-state index < -0.39 is 0 Å². The number of furan rings is 1. The fourth-order valence-electron chi connectivity index (χ4n) is 1.14. The molecule has 0 aliphatic rings. The maximum Gasteiger partial charge on any atom is 0.105 e. The van der Waals surface area contributed by atoms with Crippen LogP contribution in [0.15, 0.2) is 4.42 Å². The summed E-state index contributed by atoms with van der Waals surface area (Å²) in [5.41, 5.74) is 7.85. The predicted octanol–water partition coefficient (Wildman–Crippen LogP) is 1.66. The molecule has 0 unspecified atom stereocenters. The van der Waals surface area contributed by atoms with Gasteiger partial charge in [-0.3, -0.25) is 0 Å². The minimum absolute atomic E-state index is 0.578. The smallest absolute Gasteiger partial charge is 0.105 e. The Labute approximate surface area is 61.0 Å². The molecule has 0 aliphatic carbocycles. The minimum atomic E-state index is 0.578. The van der Waals surface area contributed by atoms with Gasteiger partial charge < -0.3 is 10.2 Å². The van der Waals surface area contributed by atoms with Crippen LogP contribution >= 0.6 is 0 Å². The zero-order valence-corrected chi connectivity index (χ0v) is 6.69. The van der Waals surface area contributed by atoms with Crippen LogP contribution in [0, 0.1) is 20.8 Å². The molecule has 0 radical (unpaired) electrons. The molecule has 1 aromatic rings. The number of aryl methyl sites for hydroxylation is 2. The summed E-state index contributed by atoms with van der Waals surface area (Å²) in [4.78, 5) is 0. The van der Waals surface area contributed by atoms with Gasteiger partial charge in [-0.25, -0.2) is 0 Å². The third-order valence-electron chi connectivity index (χ3n) is 1.92. The largest absolute Gasteiger partial charge is 0.466 e. The normalized spacial score (nSPS) is 10.4. The molecule has 0 amide bonds. The van der Waals surface area contributed by atoms with Gasteiger partial charge in [0.1, 0.15) is 11.5 Å². The molecule has 0 bridgehead atoms. The number of rotatable bonds is 1.